The molecule has 3 aromatic heterocycles. The fraction of sp³-hybridized carbons (Fsp3) is 0. The molecule has 0 radical (unpaired) electrons. The molecule has 0 spiro atoms. The summed E-state index contributed by atoms with van der Waals surface area (Å²) < 4.78 is 7.05. The molecule has 0 fully saturated rings. The first-order chi connectivity index (χ1) is 10.2. The molecule has 3 rings (SSSR count). The maximum atomic E-state index is 10.5. The average molecular weight is 284 g/mol. The van der Waals surface area contributed by atoms with Crippen molar-refractivity contribution in [1.82, 2.24) is 24.7 Å². The lowest BCUT2D eigenvalue weighted by atomic mass is 10.4. The van der Waals surface area contributed by atoms with Crippen LogP contribution in [0.1, 0.15) is 0 Å². The Kier molecular flexibility index (Phi) is 3.21. The maximum absolute atomic E-state index is 10.5. The minimum atomic E-state index is -0.570. The van der Waals surface area contributed by atoms with E-state index in [9.17, 15) is 10.1 Å². The summed E-state index contributed by atoms with van der Waals surface area (Å²) in [5.41, 5.74) is 0. The molecule has 0 aromatic carbocycles. The second kappa shape index (κ2) is 5.33. The zero-order valence-corrected chi connectivity index (χ0v) is 10.5. The van der Waals surface area contributed by atoms with Gasteiger partial charge in [0.2, 0.25) is 0 Å². The van der Waals surface area contributed by atoms with Crippen molar-refractivity contribution in [3.05, 3.63) is 59.4 Å². The molecule has 0 bridgehead atoms. The predicted molar refractivity (Wildman–Crippen MR) is 70.1 cm³/mol. The normalized spacial score (nSPS) is 10.3. The molecule has 21 heavy (non-hydrogen) atoms. The van der Waals surface area contributed by atoms with Crippen LogP contribution >= 0.6 is 0 Å². The van der Waals surface area contributed by atoms with Gasteiger partial charge in [-0.2, -0.15) is 5.10 Å². The van der Waals surface area contributed by atoms with Crippen molar-refractivity contribution in [2.45, 2.75) is 0 Å². The summed E-state index contributed by atoms with van der Waals surface area (Å²) in [5, 5.41) is 14.5. The minimum Gasteiger partial charge on any atom is -0.453 e. The summed E-state index contributed by atoms with van der Waals surface area (Å²) in [6.07, 6.45) is 5.76. The largest absolute Gasteiger partial charge is 0.453 e. The topological polar surface area (TPSA) is 109 Å². The molecule has 0 amide bonds. The summed E-state index contributed by atoms with van der Waals surface area (Å²) in [4.78, 5) is 21.6. The van der Waals surface area contributed by atoms with Crippen LogP contribution in [-0.4, -0.2) is 29.7 Å². The van der Waals surface area contributed by atoms with Crippen LogP contribution in [0.2, 0.25) is 0 Å². The van der Waals surface area contributed by atoms with Crippen molar-refractivity contribution in [3.63, 3.8) is 0 Å². The van der Waals surface area contributed by atoms with Gasteiger partial charge >= 0.3 is 5.82 Å². The molecule has 0 atom stereocenters. The van der Waals surface area contributed by atoms with Crippen LogP contribution in [0.4, 0.5) is 5.82 Å². The highest BCUT2D eigenvalue weighted by atomic mass is 16.6. The Labute approximate surface area is 118 Å². The van der Waals surface area contributed by atoms with Gasteiger partial charge < -0.3 is 14.9 Å². The number of nitro groups is 1. The van der Waals surface area contributed by atoms with E-state index < -0.39 is 4.92 Å². The van der Waals surface area contributed by atoms with Crippen molar-refractivity contribution in [2.75, 3.05) is 0 Å². The van der Waals surface area contributed by atoms with Gasteiger partial charge in [-0.05, 0) is 22.0 Å². The first-order valence-electron chi connectivity index (χ1n) is 5.82. The highest BCUT2D eigenvalue weighted by Crippen LogP contribution is 2.22. The number of ether oxygens (including phenoxy) is 1. The third-order valence-electron chi connectivity index (χ3n) is 2.51. The summed E-state index contributed by atoms with van der Waals surface area (Å²) in [6.45, 7) is 0. The number of hydrogen-bond donors (Lipinski definition) is 0. The van der Waals surface area contributed by atoms with Crippen LogP contribution in [-0.2, 0) is 0 Å². The lowest BCUT2D eigenvalue weighted by Crippen LogP contribution is -1.98. The smallest absolute Gasteiger partial charge is 0.363 e. The van der Waals surface area contributed by atoms with Crippen LogP contribution < -0.4 is 4.74 Å². The van der Waals surface area contributed by atoms with E-state index >= 15 is 0 Å². The lowest BCUT2D eigenvalue weighted by Gasteiger charge is -2.05. The lowest BCUT2D eigenvalue weighted by molar-refractivity contribution is -0.389. The molecule has 0 N–H and O–H groups in total. The minimum absolute atomic E-state index is 0.236. The Morgan fingerprint density at radius 3 is 2.76 bits per heavy atom. The Hall–Kier alpha value is -3.36. The molecule has 0 aliphatic carbocycles. The quantitative estimate of drug-likeness (QED) is 0.530. The molecule has 0 saturated heterocycles. The molecule has 0 saturated carbocycles. The molecule has 3 heterocycles. The third-order valence-corrected chi connectivity index (χ3v) is 2.51. The van der Waals surface area contributed by atoms with E-state index in [2.05, 4.69) is 20.1 Å². The number of hydrogen-bond acceptors (Lipinski definition) is 7. The van der Waals surface area contributed by atoms with Gasteiger partial charge in [-0.3, -0.25) is 0 Å². The zero-order valence-electron chi connectivity index (χ0n) is 10.5. The van der Waals surface area contributed by atoms with Gasteiger partial charge in [-0.1, -0.05) is 0 Å². The standard InChI is InChI=1S/C12H8N6O3/c19-18(20)11-2-1-10(6-15-11)21-9-3-4-14-12(5-9)17-8-13-7-16-17/h1-8H. The fourth-order valence-electron chi connectivity index (χ4n) is 1.59. The number of nitrogens with zero attached hydrogens (tertiary/aromatic N) is 6. The molecule has 9 nitrogen and oxygen atoms in total. The highest BCUT2D eigenvalue weighted by Gasteiger charge is 2.08. The number of pyridine rings is 2. The third kappa shape index (κ3) is 2.81. The van der Waals surface area contributed by atoms with Gasteiger partial charge in [0.05, 0.1) is 0 Å². The summed E-state index contributed by atoms with van der Waals surface area (Å²) >= 11 is 0. The van der Waals surface area contributed by atoms with Crippen molar-refractivity contribution in [2.24, 2.45) is 0 Å². The van der Waals surface area contributed by atoms with Gasteiger partial charge in [0, 0.05) is 18.3 Å². The predicted octanol–water partition coefficient (Wildman–Crippen LogP) is 1.76. The van der Waals surface area contributed by atoms with E-state index in [4.69, 9.17) is 4.74 Å². The molecule has 0 unspecified atom stereocenters. The SMILES string of the molecule is O=[N+]([O-])c1ccc(Oc2ccnc(-n3cncn3)c2)cn1. The van der Waals surface area contributed by atoms with Crippen LogP contribution in [0, 0.1) is 10.1 Å². The van der Waals surface area contributed by atoms with E-state index in [-0.39, 0.29) is 5.82 Å². The molecule has 0 aliphatic heterocycles. The Balaban J connectivity index is 1.81. The van der Waals surface area contributed by atoms with E-state index in [0.717, 1.165) is 0 Å². The maximum Gasteiger partial charge on any atom is 0.363 e. The Bertz CT molecular complexity index is 757. The number of rotatable bonds is 4. The molecule has 3 aromatic rings. The van der Waals surface area contributed by atoms with Crippen LogP contribution in [0.3, 0.4) is 0 Å². The fourth-order valence-corrected chi connectivity index (χ4v) is 1.59. The molecular formula is C12H8N6O3. The van der Waals surface area contributed by atoms with E-state index in [1.807, 2.05) is 0 Å². The summed E-state index contributed by atoms with van der Waals surface area (Å²) in [7, 11) is 0. The highest BCUT2D eigenvalue weighted by molar-refractivity contribution is 5.36. The molecule has 104 valence electrons. The summed E-state index contributed by atoms with van der Waals surface area (Å²) in [6, 6.07) is 6.06. The van der Waals surface area contributed by atoms with Crippen molar-refractivity contribution >= 4 is 5.82 Å². The van der Waals surface area contributed by atoms with Gasteiger partial charge in [0.15, 0.2) is 17.8 Å². The van der Waals surface area contributed by atoms with Crippen molar-refractivity contribution < 1.29 is 9.66 Å². The van der Waals surface area contributed by atoms with E-state index in [1.165, 1.54) is 35.7 Å². The molecule has 0 aliphatic rings. The first kappa shape index (κ1) is 12.7. The van der Waals surface area contributed by atoms with Gasteiger partial charge in [-0.15, -0.1) is 0 Å². The van der Waals surface area contributed by atoms with Crippen LogP contribution in [0.5, 0.6) is 11.5 Å². The Morgan fingerprint density at radius 1 is 1.19 bits per heavy atom. The van der Waals surface area contributed by atoms with Crippen molar-refractivity contribution in [3.8, 4) is 17.3 Å². The van der Waals surface area contributed by atoms with Crippen LogP contribution in [0.15, 0.2) is 49.3 Å². The second-order valence-electron chi connectivity index (χ2n) is 3.90. The first-order valence-corrected chi connectivity index (χ1v) is 5.82. The van der Waals surface area contributed by atoms with Crippen LogP contribution in [0.25, 0.3) is 5.82 Å². The van der Waals surface area contributed by atoms with Crippen molar-refractivity contribution in [1.29, 1.82) is 0 Å². The second-order valence-corrected chi connectivity index (χ2v) is 3.90. The average Bonchev–Trinajstić information content (AvgIpc) is 3.02. The molecular weight excluding hydrogens is 276 g/mol. The monoisotopic (exact) mass is 284 g/mol. The van der Waals surface area contributed by atoms with E-state index in [0.29, 0.717) is 17.3 Å². The van der Waals surface area contributed by atoms with Gasteiger partial charge in [0.1, 0.15) is 18.4 Å². The summed E-state index contributed by atoms with van der Waals surface area (Å²) in [5.74, 6) is 1.20. The van der Waals surface area contributed by atoms with Gasteiger partial charge in [-0.25, -0.2) is 14.6 Å². The number of aromatic nitrogens is 5. The zero-order chi connectivity index (χ0) is 14.7. The van der Waals surface area contributed by atoms with E-state index in [1.54, 1.807) is 18.3 Å². The molecule has 9 heteroatoms. The van der Waals surface area contributed by atoms with Gasteiger partial charge in [0.25, 0.3) is 0 Å². The Morgan fingerprint density at radius 2 is 2.10 bits per heavy atom.